The summed E-state index contributed by atoms with van der Waals surface area (Å²) in [5.41, 5.74) is 3.76. The summed E-state index contributed by atoms with van der Waals surface area (Å²) in [5, 5.41) is 2.90. The number of carbonyl (C=O) groups is 1. The van der Waals surface area contributed by atoms with Crippen LogP contribution in [0, 0.1) is 5.92 Å². The van der Waals surface area contributed by atoms with E-state index in [1.807, 2.05) is 12.1 Å². The molecule has 2 heterocycles. The molecule has 0 radical (unpaired) electrons. The highest BCUT2D eigenvalue weighted by Crippen LogP contribution is 2.20. The second kappa shape index (κ2) is 7.21. The van der Waals surface area contributed by atoms with Crippen LogP contribution in [0.15, 0.2) is 18.3 Å². The Morgan fingerprint density at radius 2 is 2.25 bits per heavy atom. The fourth-order valence-corrected chi connectivity index (χ4v) is 2.57. The molecule has 4 N–H and O–H groups in total. The predicted molar refractivity (Wildman–Crippen MR) is 78.7 cm³/mol. The van der Waals surface area contributed by atoms with Crippen molar-refractivity contribution in [1.82, 2.24) is 15.2 Å². The van der Waals surface area contributed by atoms with E-state index in [2.05, 4.69) is 20.6 Å². The van der Waals surface area contributed by atoms with E-state index >= 15 is 0 Å². The monoisotopic (exact) mass is 277 g/mol. The Labute approximate surface area is 119 Å². The third kappa shape index (κ3) is 4.18. The zero-order valence-electron chi connectivity index (χ0n) is 11.9. The van der Waals surface area contributed by atoms with Gasteiger partial charge in [0, 0.05) is 31.8 Å². The summed E-state index contributed by atoms with van der Waals surface area (Å²) in [6.45, 7) is 5.32. The third-order valence-corrected chi connectivity index (χ3v) is 3.77. The van der Waals surface area contributed by atoms with Gasteiger partial charge in [-0.3, -0.25) is 9.69 Å². The molecule has 0 aromatic carbocycles. The Morgan fingerprint density at radius 3 is 2.90 bits per heavy atom. The molecule has 20 heavy (non-hydrogen) atoms. The van der Waals surface area contributed by atoms with Crippen LogP contribution in [0.2, 0.25) is 0 Å². The molecule has 2 rings (SSSR count). The number of hydrazine groups is 1. The molecule has 0 spiro atoms. The largest absolute Gasteiger partial charge is 0.356 e. The number of nitrogens with one attached hydrogen (secondary N) is 2. The van der Waals surface area contributed by atoms with Gasteiger partial charge in [-0.05, 0) is 37.9 Å². The first-order chi connectivity index (χ1) is 9.69. The van der Waals surface area contributed by atoms with Gasteiger partial charge < -0.3 is 10.7 Å². The van der Waals surface area contributed by atoms with E-state index in [0.29, 0.717) is 5.92 Å². The van der Waals surface area contributed by atoms with Crippen LogP contribution in [0.4, 0.5) is 5.82 Å². The van der Waals surface area contributed by atoms with Crippen molar-refractivity contribution in [3.63, 3.8) is 0 Å². The van der Waals surface area contributed by atoms with Crippen molar-refractivity contribution in [3.8, 4) is 0 Å². The van der Waals surface area contributed by atoms with E-state index in [1.165, 1.54) is 0 Å². The van der Waals surface area contributed by atoms with Crippen LogP contribution in [-0.2, 0) is 11.3 Å². The second-order valence-corrected chi connectivity index (χ2v) is 5.31. The molecule has 0 atom stereocenters. The quantitative estimate of drug-likeness (QED) is 0.545. The number of hydrogen-bond acceptors (Lipinski definition) is 5. The van der Waals surface area contributed by atoms with Crippen LogP contribution < -0.4 is 16.6 Å². The maximum atomic E-state index is 10.9. The average molecular weight is 277 g/mol. The molecule has 0 aliphatic carbocycles. The van der Waals surface area contributed by atoms with Gasteiger partial charge in [-0.25, -0.2) is 10.8 Å². The summed E-state index contributed by atoms with van der Waals surface area (Å²) >= 11 is 0. The highest BCUT2D eigenvalue weighted by atomic mass is 16.1. The van der Waals surface area contributed by atoms with Crippen molar-refractivity contribution in [3.05, 3.63) is 23.9 Å². The van der Waals surface area contributed by atoms with Gasteiger partial charge in [0.1, 0.15) is 5.82 Å². The molecule has 1 fully saturated rings. The van der Waals surface area contributed by atoms with Crippen LogP contribution in [0.3, 0.4) is 0 Å². The molecule has 1 aromatic heterocycles. The van der Waals surface area contributed by atoms with Gasteiger partial charge >= 0.3 is 0 Å². The molecule has 6 heteroatoms. The molecule has 1 aliphatic heterocycles. The van der Waals surface area contributed by atoms with E-state index in [4.69, 9.17) is 5.84 Å². The Balaban J connectivity index is 1.81. The van der Waals surface area contributed by atoms with Crippen molar-refractivity contribution in [2.24, 2.45) is 11.8 Å². The Hall–Kier alpha value is -1.66. The van der Waals surface area contributed by atoms with Gasteiger partial charge in [-0.2, -0.15) is 0 Å². The highest BCUT2D eigenvalue weighted by molar-refractivity contribution is 5.72. The van der Waals surface area contributed by atoms with E-state index in [1.54, 1.807) is 13.1 Å². The molecule has 1 saturated heterocycles. The fourth-order valence-electron chi connectivity index (χ4n) is 2.57. The minimum Gasteiger partial charge on any atom is -0.356 e. The molecular formula is C14H23N5O. The number of amides is 1. The SMILES string of the molecule is CC(=O)NCC1CCN(Cc2cccnc2NN)CC1. The molecular weight excluding hydrogens is 254 g/mol. The van der Waals surface area contributed by atoms with Crippen molar-refractivity contribution < 1.29 is 4.79 Å². The number of nitrogen functional groups attached to an aromatic ring is 1. The molecule has 0 bridgehead atoms. The zero-order chi connectivity index (χ0) is 14.4. The van der Waals surface area contributed by atoms with Crippen molar-refractivity contribution in [1.29, 1.82) is 0 Å². The summed E-state index contributed by atoms with van der Waals surface area (Å²) in [7, 11) is 0. The summed E-state index contributed by atoms with van der Waals surface area (Å²) in [5.74, 6) is 6.87. The minimum atomic E-state index is 0.0569. The Bertz CT molecular complexity index is 443. The maximum Gasteiger partial charge on any atom is 0.216 e. The number of pyridine rings is 1. The third-order valence-electron chi connectivity index (χ3n) is 3.77. The number of piperidine rings is 1. The number of nitrogens with zero attached hydrogens (tertiary/aromatic N) is 2. The molecule has 6 nitrogen and oxygen atoms in total. The number of likely N-dealkylation sites (tertiary alicyclic amines) is 1. The van der Waals surface area contributed by atoms with Gasteiger partial charge in [0.15, 0.2) is 0 Å². The summed E-state index contributed by atoms with van der Waals surface area (Å²) < 4.78 is 0. The van der Waals surface area contributed by atoms with Crippen LogP contribution in [0.25, 0.3) is 0 Å². The van der Waals surface area contributed by atoms with E-state index in [-0.39, 0.29) is 5.91 Å². The van der Waals surface area contributed by atoms with Gasteiger partial charge in [-0.1, -0.05) is 6.07 Å². The second-order valence-electron chi connectivity index (χ2n) is 5.31. The smallest absolute Gasteiger partial charge is 0.216 e. The molecule has 110 valence electrons. The first-order valence-electron chi connectivity index (χ1n) is 7.06. The van der Waals surface area contributed by atoms with Crippen LogP contribution in [0.1, 0.15) is 25.3 Å². The lowest BCUT2D eigenvalue weighted by Crippen LogP contribution is -2.38. The summed E-state index contributed by atoms with van der Waals surface area (Å²) in [4.78, 5) is 17.5. The van der Waals surface area contributed by atoms with E-state index < -0.39 is 0 Å². The van der Waals surface area contributed by atoms with Crippen LogP contribution in [0.5, 0.6) is 0 Å². The molecule has 1 aliphatic rings. The number of nitrogens with two attached hydrogens (primary N) is 1. The Kier molecular flexibility index (Phi) is 5.31. The number of rotatable bonds is 5. The lowest BCUT2D eigenvalue weighted by atomic mass is 9.96. The van der Waals surface area contributed by atoms with Crippen molar-refractivity contribution in [2.75, 3.05) is 25.1 Å². The summed E-state index contributed by atoms with van der Waals surface area (Å²) in [6.07, 6.45) is 3.97. The van der Waals surface area contributed by atoms with Crippen LogP contribution in [-0.4, -0.2) is 35.4 Å². The molecule has 0 saturated carbocycles. The number of aromatic nitrogens is 1. The summed E-state index contributed by atoms with van der Waals surface area (Å²) in [6, 6.07) is 3.98. The standard InChI is InChI=1S/C14H23N5O/c1-11(20)17-9-12-4-7-19(8-5-12)10-13-3-2-6-16-14(13)18-15/h2-3,6,12H,4-5,7-10,15H2,1H3,(H,16,18)(H,17,20). The first-order valence-corrected chi connectivity index (χ1v) is 7.06. The molecule has 0 unspecified atom stereocenters. The fraction of sp³-hybridized carbons (Fsp3) is 0.571. The Morgan fingerprint density at radius 1 is 1.50 bits per heavy atom. The van der Waals surface area contributed by atoms with Crippen molar-refractivity contribution >= 4 is 11.7 Å². The van der Waals surface area contributed by atoms with Crippen molar-refractivity contribution in [2.45, 2.75) is 26.3 Å². The zero-order valence-corrected chi connectivity index (χ0v) is 11.9. The number of hydrogen-bond donors (Lipinski definition) is 3. The minimum absolute atomic E-state index is 0.0569. The van der Waals surface area contributed by atoms with E-state index in [9.17, 15) is 4.79 Å². The first kappa shape index (κ1) is 14.7. The average Bonchev–Trinajstić information content (AvgIpc) is 2.47. The number of carbonyl (C=O) groups excluding carboxylic acids is 1. The van der Waals surface area contributed by atoms with Gasteiger partial charge in [0.2, 0.25) is 5.91 Å². The number of anilines is 1. The molecule has 1 amide bonds. The molecule has 1 aromatic rings. The topological polar surface area (TPSA) is 83.3 Å². The maximum absolute atomic E-state index is 10.9. The predicted octanol–water partition coefficient (Wildman–Crippen LogP) is 0.715. The lowest BCUT2D eigenvalue weighted by molar-refractivity contribution is -0.119. The lowest BCUT2D eigenvalue weighted by Gasteiger charge is -2.32. The van der Waals surface area contributed by atoms with Gasteiger partial charge in [0.25, 0.3) is 0 Å². The van der Waals surface area contributed by atoms with E-state index in [0.717, 1.165) is 50.4 Å². The normalized spacial score (nSPS) is 16.9. The van der Waals surface area contributed by atoms with Crippen LogP contribution >= 0.6 is 0 Å². The van der Waals surface area contributed by atoms with Gasteiger partial charge in [-0.15, -0.1) is 0 Å². The highest BCUT2D eigenvalue weighted by Gasteiger charge is 2.20. The van der Waals surface area contributed by atoms with Gasteiger partial charge in [0.05, 0.1) is 0 Å².